The van der Waals surface area contributed by atoms with Gasteiger partial charge in [0.2, 0.25) is 5.89 Å². The number of amides is 1. The minimum Gasteiger partial charge on any atom is -0.339 e. The number of hydrogen-bond acceptors (Lipinski definition) is 4. The number of likely N-dealkylation sites (tertiary alicyclic amines) is 1. The minimum atomic E-state index is -0.00938. The van der Waals surface area contributed by atoms with Crippen LogP contribution in [0.5, 0.6) is 0 Å². The monoisotopic (exact) mass is 347 g/mol. The molecule has 1 aromatic carbocycles. The molecule has 0 aliphatic carbocycles. The molecule has 0 spiro atoms. The number of aromatic nitrogens is 2. The van der Waals surface area contributed by atoms with Crippen LogP contribution >= 0.6 is 11.6 Å². The van der Waals surface area contributed by atoms with E-state index in [1.54, 1.807) is 12.1 Å². The van der Waals surface area contributed by atoms with E-state index in [1.807, 2.05) is 17.0 Å². The lowest BCUT2D eigenvalue weighted by atomic mass is 9.96. The van der Waals surface area contributed by atoms with Crippen molar-refractivity contribution in [3.63, 3.8) is 0 Å². The van der Waals surface area contributed by atoms with Crippen molar-refractivity contribution in [2.45, 2.75) is 44.9 Å². The fraction of sp³-hybridized carbons (Fsp3) is 0.500. The molecule has 6 heteroatoms. The Kier molecular flexibility index (Phi) is 5.19. The normalized spacial score (nSPS) is 17.0. The Balaban J connectivity index is 1.62. The lowest BCUT2D eigenvalue weighted by molar-refractivity contribution is 0.0704. The third-order valence-electron chi connectivity index (χ3n) is 4.75. The van der Waals surface area contributed by atoms with Crippen molar-refractivity contribution in [1.82, 2.24) is 15.0 Å². The molecule has 24 heavy (non-hydrogen) atoms. The van der Waals surface area contributed by atoms with Gasteiger partial charge >= 0.3 is 0 Å². The highest BCUT2D eigenvalue weighted by Crippen LogP contribution is 2.29. The van der Waals surface area contributed by atoms with Crippen LogP contribution in [0.4, 0.5) is 0 Å². The Bertz CT molecular complexity index is 708. The van der Waals surface area contributed by atoms with Gasteiger partial charge in [0.15, 0.2) is 5.82 Å². The molecule has 0 N–H and O–H groups in total. The standard InChI is InChI=1S/C18H22ClN3O2/c1-3-12(2)16-20-17(24-21-16)13-8-10-22(11-9-13)18(23)14-6-4-5-7-15(14)19/h4-7,12-13H,3,8-11H2,1-2H3. The zero-order chi connectivity index (χ0) is 17.1. The van der Waals surface area contributed by atoms with E-state index in [4.69, 9.17) is 16.1 Å². The summed E-state index contributed by atoms with van der Waals surface area (Å²) < 4.78 is 5.44. The molecule has 0 saturated carbocycles. The SMILES string of the molecule is CCC(C)c1noc(C2CCN(C(=O)c3ccccc3Cl)CC2)n1. The van der Waals surface area contributed by atoms with Gasteiger partial charge in [0.05, 0.1) is 10.6 Å². The van der Waals surface area contributed by atoms with Crippen LogP contribution in [0, 0.1) is 0 Å². The summed E-state index contributed by atoms with van der Waals surface area (Å²) in [5.74, 6) is 2.01. The van der Waals surface area contributed by atoms with Crippen molar-refractivity contribution in [3.05, 3.63) is 46.6 Å². The Morgan fingerprint density at radius 1 is 1.38 bits per heavy atom. The third kappa shape index (κ3) is 3.46. The molecule has 1 fully saturated rings. The largest absolute Gasteiger partial charge is 0.339 e. The summed E-state index contributed by atoms with van der Waals surface area (Å²) in [6.45, 7) is 5.56. The molecule has 1 aliphatic heterocycles. The van der Waals surface area contributed by atoms with Gasteiger partial charge in [0.25, 0.3) is 5.91 Å². The van der Waals surface area contributed by atoms with Crippen molar-refractivity contribution in [2.24, 2.45) is 0 Å². The topological polar surface area (TPSA) is 59.2 Å². The van der Waals surface area contributed by atoms with Gasteiger partial charge in [-0.3, -0.25) is 4.79 Å². The number of carbonyl (C=O) groups is 1. The zero-order valence-corrected chi connectivity index (χ0v) is 14.8. The van der Waals surface area contributed by atoms with Crippen molar-refractivity contribution in [3.8, 4) is 0 Å². The van der Waals surface area contributed by atoms with E-state index in [2.05, 4.69) is 24.0 Å². The Morgan fingerprint density at radius 2 is 2.08 bits per heavy atom. The zero-order valence-electron chi connectivity index (χ0n) is 14.0. The van der Waals surface area contributed by atoms with Crippen LogP contribution in [0.25, 0.3) is 0 Å². The number of nitrogens with zero attached hydrogens (tertiary/aromatic N) is 3. The van der Waals surface area contributed by atoms with Crippen LogP contribution in [0.15, 0.2) is 28.8 Å². The highest BCUT2D eigenvalue weighted by Gasteiger charge is 2.29. The first kappa shape index (κ1) is 17.0. The molecule has 1 atom stereocenters. The summed E-state index contributed by atoms with van der Waals surface area (Å²) in [7, 11) is 0. The lowest BCUT2D eigenvalue weighted by Crippen LogP contribution is -2.38. The number of benzene rings is 1. The molecule has 2 aromatic rings. The maximum Gasteiger partial charge on any atom is 0.255 e. The lowest BCUT2D eigenvalue weighted by Gasteiger charge is -2.30. The van der Waals surface area contributed by atoms with E-state index >= 15 is 0 Å². The molecule has 128 valence electrons. The second-order valence-electron chi connectivity index (χ2n) is 6.35. The van der Waals surface area contributed by atoms with E-state index < -0.39 is 0 Å². The second kappa shape index (κ2) is 7.34. The van der Waals surface area contributed by atoms with Crippen molar-refractivity contribution in [1.29, 1.82) is 0 Å². The van der Waals surface area contributed by atoms with Gasteiger partial charge in [-0.25, -0.2) is 0 Å². The molecule has 1 unspecified atom stereocenters. The number of halogens is 1. The van der Waals surface area contributed by atoms with Gasteiger partial charge in [-0.2, -0.15) is 4.98 Å². The highest BCUT2D eigenvalue weighted by atomic mass is 35.5. The second-order valence-corrected chi connectivity index (χ2v) is 6.75. The van der Waals surface area contributed by atoms with Crippen LogP contribution in [0.3, 0.4) is 0 Å². The summed E-state index contributed by atoms with van der Waals surface area (Å²) in [5, 5.41) is 4.59. The summed E-state index contributed by atoms with van der Waals surface area (Å²) >= 11 is 6.13. The first-order valence-electron chi connectivity index (χ1n) is 8.47. The molecule has 1 aromatic heterocycles. The Morgan fingerprint density at radius 3 is 2.75 bits per heavy atom. The number of hydrogen-bond donors (Lipinski definition) is 0. The van der Waals surface area contributed by atoms with E-state index in [0.29, 0.717) is 35.5 Å². The molecular weight excluding hydrogens is 326 g/mol. The predicted octanol–water partition coefficient (Wildman–Crippen LogP) is 4.26. The van der Waals surface area contributed by atoms with Gasteiger partial charge < -0.3 is 9.42 Å². The maximum atomic E-state index is 12.6. The maximum absolute atomic E-state index is 12.6. The molecule has 5 nitrogen and oxygen atoms in total. The van der Waals surface area contributed by atoms with E-state index in [1.165, 1.54) is 0 Å². The van der Waals surface area contributed by atoms with Gasteiger partial charge in [0.1, 0.15) is 0 Å². The summed E-state index contributed by atoms with van der Waals surface area (Å²) in [5.41, 5.74) is 0.564. The smallest absolute Gasteiger partial charge is 0.255 e. The van der Waals surface area contributed by atoms with Crippen LogP contribution in [-0.4, -0.2) is 34.0 Å². The van der Waals surface area contributed by atoms with E-state index in [-0.39, 0.29) is 11.8 Å². The molecule has 0 bridgehead atoms. The Labute approximate surface area is 147 Å². The molecule has 1 saturated heterocycles. The summed E-state index contributed by atoms with van der Waals surface area (Å²) in [4.78, 5) is 19.0. The van der Waals surface area contributed by atoms with Crippen molar-refractivity contribution in [2.75, 3.05) is 13.1 Å². The summed E-state index contributed by atoms with van der Waals surface area (Å²) in [6.07, 6.45) is 2.65. The number of rotatable bonds is 4. The van der Waals surface area contributed by atoms with Gasteiger partial charge in [-0.15, -0.1) is 0 Å². The predicted molar refractivity (Wildman–Crippen MR) is 92.3 cm³/mol. The van der Waals surface area contributed by atoms with Crippen molar-refractivity contribution < 1.29 is 9.32 Å². The average molecular weight is 348 g/mol. The highest BCUT2D eigenvalue weighted by molar-refractivity contribution is 6.33. The van der Waals surface area contributed by atoms with E-state index in [0.717, 1.165) is 25.1 Å². The molecular formula is C18H22ClN3O2. The first-order valence-corrected chi connectivity index (χ1v) is 8.85. The van der Waals surface area contributed by atoms with Crippen LogP contribution < -0.4 is 0 Å². The van der Waals surface area contributed by atoms with Gasteiger partial charge in [-0.1, -0.05) is 42.7 Å². The van der Waals surface area contributed by atoms with Crippen LogP contribution in [0.1, 0.15) is 67.0 Å². The average Bonchev–Trinajstić information content (AvgIpc) is 3.11. The first-order chi connectivity index (χ1) is 11.6. The molecule has 2 heterocycles. The van der Waals surface area contributed by atoms with Gasteiger partial charge in [-0.05, 0) is 31.4 Å². The van der Waals surface area contributed by atoms with Crippen LogP contribution in [0.2, 0.25) is 5.02 Å². The third-order valence-corrected chi connectivity index (χ3v) is 5.08. The quantitative estimate of drug-likeness (QED) is 0.829. The summed E-state index contributed by atoms with van der Waals surface area (Å²) in [6, 6.07) is 7.18. The Hall–Kier alpha value is -1.88. The fourth-order valence-electron chi connectivity index (χ4n) is 2.93. The number of piperidine rings is 1. The number of carbonyl (C=O) groups excluding carboxylic acids is 1. The van der Waals surface area contributed by atoms with Crippen molar-refractivity contribution >= 4 is 17.5 Å². The van der Waals surface area contributed by atoms with Crippen LogP contribution in [-0.2, 0) is 0 Å². The minimum absolute atomic E-state index is 0.00938. The molecule has 3 rings (SSSR count). The molecule has 1 amide bonds. The fourth-order valence-corrected chi connectivity index (χ4v) is 3.15. The van der Waals surface area contributed by atoms with E-state index in [9.17, 15) is 4.79 Å². The molecule has 1 aliphatic rings. The molecule has 0 radical (unpaired) electrons. The van der Waals surface area contributed by atoms with Gasteiger partial charge in [0, 0.05) is 24.9 Å².